The van der Waals surface area contributed by atoms with Gasteiger partial charge in [-0.15, -0.1) is 12.4 Å². The summed E-state index contributed by atoms with van der Waals surface area (Å²) in [6.07, 6.45) is 0.652. The highest BCUT2D eigenvalue weighted by atomic mass is 79.9. The Balaban J connectivity index is 0.00000288. The number of benzene rings is 1. The summed E-state index contributed by atoms with van der Waals surface area (Å²) in [7, 11) is 0. The van der Waals surface area contributed by atoms with Gasteiger partial charge in [-0.25, -0.2) is 0 Å². The normalized spacial score (nSPS) is 13.6. The van der Waals surface area contributed by atoms with E-state index in [0.717, 1.165) is 4.47 Å². The van der Waals surface area contributed by atoms with Gasteiger partial charge in [0, 0.05) is 29.5 Å². The van der Waals surface area contributed by atoms with E-state index in [1.807, 2.05) is 13.8 Å². The van der Waals surface area contributed by atoms with E-state index in [1.165, 1.54) is 4.90 Å². The van der Waals surface area contributed by atoms with Crippen LogP contribution in [0.5, 0.6) is 0 Å². The molecule has 0 saturated carbocycles. The molecule has 1 aliphatic rings. The van der Waals surface area contributed by atoms with E-state index >= 15 is 0 Å². The number of hydrogen-bond donors (Lipinski definition) is 2. The van der Waals surface area contributed by atoms with Crippen molar-refractivity contribution in [1.82, 2.24) is 10.2 Å². The molecule has 0 aliphatic carbocycles. The van der Waals surface area contributed by atoms with Crippen LogP contribution in [0.4, 0.5) is 0 Å². The predicted octanol–water partition coefficient (Wildman–Crippen LogP) is 2.10. The monoisotopic (exact) mass is 417 g/mol. The Morgan fingerprint density at radius 2 is 1.88 bits per heavy atom. The van der Waals surface area contributed by atoms with Crippen LogP contribution in [0, 0.1) is 0 Å². The summed E-state index contributed by atoms with van der Waals surface area (Å²) in [6, 6.07) is 5.01. The number of rotatable bonds is 6. The molecule has 24 heavy (non-hydrogen) atoms. The van der Waals surface area contributed by atoms with Crippen molar-refractivity contribution in [2.45, 2.75) is 32.2 Å². The zero-order chi connectivity index (χ0) is 17.2. The molecular formula is C16H21BrClN3O3. The van der Waals surface area contributed by atoms with Gasteiger partial charge in [0.05, 0.1) is 11.1 Å². The topological polar surface area (TPSA) is 92.5 Å². The minimum Gasteiger partial charge on any atom is -0.350 e. The Labute approximate surface area is 155 Å². The van der Waals surface area contributed by atoms with Gasteiger partial charge < -0.3 is 11.1 Å². The van der Waals surface area contributed by atoms with Gasteiger partial charge in [0.15, 0.2) is 0 Å². The third-order valence-electron chi connectivity index (χ3n) is 3.71. The standard InChI is InChI=1S/C16H20BrN3O3.ClH/c1-16(2,9-18)19-13(21)4-3-7-20-14(22)11-6-5-10(17)8-12(11)15(20)23;/h5-6,8H,3-4,7,9,18H2,1-2H3,(H,19,21);1H. The third kappa shape index (κ3) is 4.55. The lowest BCUT2D eigenvalue weighted by Gasteiger charge is -2.24. The molecule has 1 aromatic carbocycles. The van der Waals surface area contributed by atoms with E-state index in [0.29, 0.717) is 24.1 Å². The lowest BCUT2D eigenvalue weighted by Crippen LogP contribution is -2.48. The SMILES string of the molecule is CC(C)(CN)NC(=O)CCCN1C(=O)c2ccc(Br)cc2C1=O.Cl. The number of carbonyl (C=O) groups excluding carboxylic acids is 3. The van der Waals surface area contributed by atoms with Gasteiger partial charge in [-0.3, -0.25) is 19.3 Å². The molecule has 0 unspecified atom stereocenters. The van der Waals surface area contributed by atoms with Crippen molar-refractivity contribution in [2.75, 3.05) is 13.1 Å². The summed E-state index contributed by atoms with van der Waals surface area (Å²) in [4.78, 5) is 37.6. The van der Waals surface area contributed by atoms with Gasteiger partial charge in [0.1, 0.15) is 0 Å². The molecule has 132 valence electrons. The summed E-state index contributed by atoms with van der Waals surface area (Å²) in [5.74, 6) is -0.756. The van der Waals surface area contributed by atoms with Gasteiger partial charge in [-0.2, -0.15) is 0 Å². The van der Waals surface area contributed by atoms with Crippen LogP contribution in [0.2, 0.25) is 0 Å². The van der Waals surface area contributed by atoms with Crippen molar-refractivity contribution in [3.63, 3.8) is 0 Å². The maximum atomic E-state index is 12.3. The fourth-order valence-corrected chi connectivity index (χ4v) is 2.72. The molecule has 3 amide bonds. The number of hydrogen-bond acceptors (Lipinski definition) is 4. The number of nitrogens with one attached hydrogen (secondary N) is 1. The summed E-state index contributed by atoms with van der Waals surface area (Å²) in [5, 5.41) is 2.82. The molecule has 3 N–H and O–H groups in total. The van der Waals surface area contributed by atoms with Crippen molar-refractivity contribution in [2.24, 2.45) is 5.73 Å². The molecule has 0 saturated heterocycles. The van der Waals surface area contributed by atoms with Crippen molar-refractivity contribution >= 4 is 46.1 Å². The maximum absolute atomic E-state index is 12.3. The molecule has 1 aromatic rings. The number of carbonyl (C=O) groups is 3. The van der Waals surface area contributed by atoms with Gasteiger partial charge in [-0.1, -0.05) is 15.9 Å². The first-order valence-electron chi connectivity index (χ1n) is 7.42. The molecule has 1 heterocycles. The zero-order valence-corrected chi connectivity index (χ0v) is 16.0. The zero-order valence-electron chi connectivity index (χ0n) is 13.6. The Bertz CT molecular complexity index is 664. The number of nitrogens with two attached hydrogens (primary N) is 1. The minimum atomic E-state index is -0.459. The van der Waals surface area contributed by atoms with Crippen LogP contribution in [-0.4, -0.2) is 41.2 Å². The Morgan fingerprint density at radius 3 is 2.50 bits per heavy atom. The molecule has 0 atom stereocenters. The highest BCUT2D eigenvalue weighted by Gasteiger charge is 2.35. The lowest BCUT2D eigenvalue weighted by atomic mass is 10.1. The van der Waals surface area contributed by atoms with Gasteiger partial charge >= 0.3 is 0 Å². The highest BCUT2D eigenvalue weighted by Crippen LogP contribution is 2.26. The molecule has 2 rings (SSSR count). The smallest absolute Gasteiger partial charge is 0.261 e. The van der Waals surface area contributed by atoms with Crippen LogP contribution in [0.25, 0.3) is 0 Å². The van der Waals surface area contributed by atoms with E-state index < -0.39 is 5.54 Å². The van der Waals surface area contributed by atoms with E-state index in [9.17, 15) is 14.4 Å². The number of fused-ring (bicyclic) bond motifs is 1. The molecule has 0 fully saturated rings. The van der Waals surface area contributed by atoms with E-state index in [-0.39, 0.29) is 43.1 Å². The first-order valence-corrected chi connectivity index (χ1v) is 8.21. The van der Waals surface area contributed by atoms with Crippen molar-refractivity contribution < 1.29 is 14.4 Å². The molecule has 0 bridgehead atoms. The van der Waals surface area contributed by atoms with Crippen LogP contribution in [-0.2, 0) is 4.79 Å². The second kappa shape index (κ2) is 8.09. The average molecular weight is 419 g/mol. The largest absolute Gasteiger partial charge is 0.350 e. The molecule has 0 spiro atoms. The third-order valence-corrected chi connectivity index (χ3v) is 4.20. The number of amides is 3. The molecule has 0 aromatic heterocycles. The van der Waals surface area contributed by atoms with Crippen LogP contribution in [0.3, 0.4) is 0 Å². The second-order valence-corrected chi connectivity index (χ2v) is 7.11. The first-order chi connectivity index (χ1) is 10.7. The van der Waals surface area contributed by atoms with Crippen LogP contribution in [0.1, 0.15) is 47.4 Å². The fraction of sp³-hybridized carbons (Fsp3) is 0.438. The van der Waals surface area contributed by atoms with E-state index in [4.69, 9.17) is 5.73 Å². The van der Waals surface area contributed by atoms with Crippen LogP contribution >= 0.6 is 28.3 Å². The first kappa shape index (κ1) is 20.6. The maximum Gasteiger partial charge on any atom is 0.261 e. The lowest BCUT2D eigenvalue weighted by molar-refractivity contribution is -0.122. The summed E-state index contributed by atoms with van der Waals surface area (Å²) >= 11 is 3.29. The van der Waals surface area contributed by atoms with Crippen LogP contribution < -0.4 is 11.1 Å². The average Bonchev–Trinajstić information content (AvgIpc) is 2.71. The number of imide groups is 1. The second-order valence-electron chi connectivity index (χ2n) is 6.19. The van der Waals surface area contributed by atoms with E-state index in [2.05, 4.69) is 21.2 Å². The molecule has 1 aliphatic heterocycles. The fourth-order valence-electron chi connectivity index (χ4n) is 2.35. The van der Waals surface area contributed by atoms with E-state index in [1.54, 1.807) is 18.2 Å². The van der Waals surface area contributed by atoms with Crippen molar-refractivity contribution in [3.8, 4) is 0 Å². The van der Waals surface area contributed by atoms with Gasteiger partial charge in [0.25, 0.3) is 11.8 Å². The molecule has 6 nitrogen and oxygen atoms in total. The quantitative estimate of drug-likeness (QED) is 0.692. The predicted molar refractivity (Wildman–Crippen MR) is 97.3 cm³/mol. The number of nitrogens with zero attached hydrogens (tertiary/aromatic N) is 1. The summed E-state index contributed by atoms with van der Waals surface area (Å²) < 4.78 is 0.752. The Morgan fingerprint density at radius 1 is 1.25 bits per heavy atom. The summed E-state index contributed by atoms with van der Waals surface area (Å²) in [6.45, 7) is 4.24. The Kier molecular flexibility index (Phi) is 6.95. The minimum absolute atomic E-state index is 0. The Hall–Kier alpha value is -1.44. The number of halogens is 2. The van der Waals surface area contributed by atoms with Gasteiger partial charge in [0.2, 0.25) is 5.91 Å². The van der Waals surface area contributed by atoms with Crippen molar-refractivity contribution in [1.29, 1.82) is 0 Å². The molecule has 0 radical (unpaired) electrons. The van der Waals surface area contributed by atoms with Gasteiger partial charge in [-0.05, 0) is 38.5 Å². The van der Waals surface area contributed by atoms with Crippen LogP contribution in [0.15, 0.2) is 22.7 Å². The summed E-state index contributed by atoms with van der Waals surface area (Å²) in [5.41, 5.74) is 5.91. The molecular weight excluding hydrogens is 398 g/mol. The molecule has 8 heteroatoms. The highest BCUT2D eigenvalue weighted by molar-refractivity contribution is 9.10. The van der Waals surface area contributed by atoms with Crippen molar-refractivity contribution in [3.05, 3.63) is 33.8 Å².